The number of nitrogens with zero attached hydrogens (tertiary/aromatic N) is 3. The zero-order chi connectivity index (χ0) is 19.1. The Labute approximate surface area is 163 Å². The molecule has 2 aliphatic heterocycles. The molecular weight excluding hydrogens is 354 g/mol. The molecule has 0 radical (unpaired) electrons. The summed E-state index contributed by atoms with van der Waals surface area (Å²) in [5, 5.41) is 4.16. The second-order valence-corrected chi connectivity index (χ2v) is 7.45. The van der Waals surface area contributed by atoms with E-state index in [0.29, 0.717) is 24.6 Å². The molecule has 28 heavy (non-hydrogen) atoms. The Morgan fingerprint density at radius 3 is 2.71 bits per heavy atom. The van der Waals surface area contributed by atoms with Gasteiger partial charge < -0.3 is 19.9 Å². The predicted octanol–water partition coefficient (Wildman–Crippen LogP) is 2.70. The molecule has 5 rings (SSSR count). The molecule has 2 aliphatic rings. The van der Waals surface area contributed by atoms with Crippen LogP contribution >= 0.6 is 0 Å². The van der Waals surface area contributed by atoms with Gasteiger partial charge in [-0.15, -0.1) is 0 Å². The van der Waals surface area contributed by atoms with Gasteiger partial charge in [0.15, 0.2) is 0 Å². The van der Waals surface area contributed by atoms with E-state index in [-0.39, 0.29) is 11.5 Å². The van der Waals surface area contributed by atoms with Gasteiger partial charge in [-0.05, 0) is 30.9 Å². The fourth-order valence-corrected chi connectivity index (χ4v) is 4.48. The lowest BCUT2D eigenvalue weighted by Crippen LogP contribution is -2.48. The number of para-hydroxylation sites is 1. The van der Waals surface area contributed by atoms with Crippen molar-refractivity contribution in [3.8, 4) is 0 Å². The summed E-state index contributed by atoms with van der Waals surface area (Å²) in [7, 11) is 1.75. The van der Waals surface area contributed by atoms with E-state index in [1.807, 2.05) is 4.90 Å². The summed E-state index contributed by atoms with van der Waals surface area (Å²) in [6.07, 6.45) is 5.66. The summed E-state index contributed by atoms with van der Waals surface area (Å²) in [5.41, 5.74) is 3.94. The fraction of sp³-hybridized carbons (Fsp3) is 0.381. The Bertz CT molecular complexity index is 1020. The highest BCUT2D eigenvalue weighted by Gasteiger charge is 2.43. The van der Waals surface area contributed by atoms with Gasteiger partial charge in [-0.25, -0.2) is 9.97 Å². The molecule has 0 saturated carbocycles. The minimum Gasteiger partial charge on any atom is -0.368 e. The molecule has 0 bridgehead atoms. The van der Waals surface area contributed by atoms with E-state index < -0.39 is 0 Å². The highest BCUT2D eigenvalue weighted by molar-refractivity contribution is 5.93. The first-order valence-corrected chi connectivity index (χ1v) is 9.73. The summed E-state index contributed by atoms with van der Waals surface area (Å²) >= 11 is 0. The molecule has 2 aromatic heterocycles. The first-order chi connectivity index (χ1) is 13.7. The third-order valence-corrected chi connectivity index (χ3v) is 5.98. The van der Waals surface area contributed by atoms with Crippen molar-refractivity contribution in [2.75, 3.05) is 32.1 Å². The van der Waals surface area contributed by atoms with E-state index >= 15 is 0 Å². The number of fused-ring (bicyclic) bond motifs is 4. The van der Waals surface area contributed by atoms with Gasteiger partial charge in [0.25, 0.3) is 5.91 Å². The molecule has 7 nitrogen and oxygen atoms in total. The standard InChI is InChI=1S/C21H23N5O2/c1-22-20-23-12-14(13-24-20)19(27)26-9-7-21(8-10-26)18-16(6-11-28-21)15-4-2-3-5-17(15)25-18/h2-5,12-13,25H,6-11H2,1H3,(H,22,23,24). The number of anilines is 1. The first-order valence-electron chi connectivity index (χ1n) is 9.73. The van der Waals surface area contributed by atoms with Crippen LogP contribution in [0.25, 0.3) is 10.9 Å². The average molecular weight is 377 g/mol. The maximum absolute atomic E-state index is 12.8. The number of carbonyl (C=O) groups is 1. The minimum absolute atomic E-state index is 0.0230. The van der Waals surface area contributed by atoms with Crippen LogP contribution in [0.3, 0.4) is 0 Å². The van der Waals surface area contributed by atoms with Crippen LogP contribution in [-0.2, 0) is 16.8 Å². The van der Waals surface area contributed by atoms with Gasteiger partial charge >= 0.3 is 0 Å². The Morgan fingerprint density at radius 2 is 1.96 bits per heavy atom. The molecule has 144 valence electrons. The number of aromatic amines is 1. The van der Waals surface area contributed by atoms with Crippen molar-refractivity contribution in [3.63, 3.8) is 0 Å². The normalized spacial score (nSPS) is 18.2. The van der Waals surface area contributed by atoms with Gasteiger partial charge in [0.2, 0.25) is 5.95 Å². The second kappa shape index (κ2) is 6.60. The maximum atomic E-state index is 12.8. The molecule has 1 aromatic carbocycles. The molecule has 3 aromatic rings. The van der Waals surface area contributed by atoms with Crippen LogP contribution in [0.15, 0.2) is 36.7 Å². The summed E-state index contributed by atoms with van der Waals surface area (Å²) < 4.78 is 6.32. The average Bonchev–Trinajstić information content (AvgIpc) is 3.14. The van der Waals surface area contributed by atoms with Crippen molar-refractivity contribution >= 4 is 22.8 Å². The Kier molecular flexibility index (Phi) is 4.05. The lowest BCUT2D eigenvalue weighted by molar-refractivity contribution is -0.0957. The van der Waals surface area contributed by atoms with Crippen molar-refractivity contribution in [3.05, 3.63) is 53.5 Å². The molecular formula is C21H23N5O2. The van der Waals surface area contributed by atoms with Crippen LogP contribution in [0, 0.1) is 0 Å². The Hall–Kier alpha value is -2.93. The largest absolute Gasteiger partial charge is 0.368 e. The molecule has 2 N–H and O–H groups in total. The molecule has 0 aliphatic carbocycles. The topological polar surface area (TPSA) is 83.1 Å². The van der Waals surface area contributed by atoms with Gasteiger partial charge in [-0.3, -0.25) is 4.79 Å². The quantitative estimate of drug-likeness (QED) is 0.717. The molecule has 4 heterocycles. The van der Waals surface area contributed by atoms with Crippen LogP contribution in [-0.4, -0.2) is 52.5 Å². The van der Waals surface area contributed by atoms with Crippen LogP contribution in [0.5, 0.6) is 0 Å². The zero-order valence-electron chi connectivity index (χ0n) is 15.9. The third-order valence-electron chi connectivity index (χ3n) is 5.98. The van der Waals surface area contributed by atoms with Crippen molar-refractivity contribution < 1.29 is 9.53 Å². The molecule has 7 heteroatoms. The van der Waals surface area contributed by atoms with Gasteiger partial charge in [0.05, 0.1) is 17.9 Å². The summed E-state index contributed by atoms with van der Waals surface area (Å²) in [4.78, 5) is 26.6. The van der Waals surface area contributed by atoms with E-state index in [1.165, 1.54) is 16.6 Å². The summed E-state index contributed by atoms with van der Waals surface area (Å²) in [6, 6.07) is 8.44. The predicted molar refractivity (Wildman–Crippen MR) is 106 cm³/mol. The number of H-pyrrole nitrogens is 1. The molecule has 0 unspecified atom stereocenters. The SMILES string of the molecule is CNc1ncc(C(=O)N2CCC3(CC2)OCCc2c3[nH]c3ccccc23)cn1. The molecule has 1 spiro atoms. The summed E-state index contributed by atoms with van der Waals surface area (Å²) in [6.45, 7) is 2.03. The lowest BCUT2D eigenvalue weighted by atomic mass is 9.83. The molecule has 0 atom stereocenters. The van der Waals surface area contributed by atoms with Gasteiger partial charge in [-0.1, -0.05) is 18.2 Å². The monoisotopic (exact) mass is 377 g/mol. The number of likely N-dealkylation sites (tertiary alicyclic amines) is 1. The zero-order valence-corrected chi connectivity index (χ0v) is 15.9. The van der Waals surface area contributed by atoms with Crippen molar-refractivity contribution in [1.82, 2.24) is 19.9 Å². The van der Waals surface area contributed by atoms with Crippen molar-refractivity contribution in [2.24, 2.45) is 0 Å². The Morgan fingerprint density at radius 1 is 1.21 bits per heavy atom. The van der Waals surface area contributed by atoms with Crippen LogP contribution in [0.4, 0.5) is 5.95 Å². The lowest BCUT2D eigenvalue weighted by Gasteiger charge is -2.43. The van der Waals surface area contributed by atoms with Crippen LogP contribution in [0.1, 0.15) is 34.5 Å². The fourth-order valence-electron chi connectivity index (χ4n) is 4.48. The number of piperidine rings is 1. The van der Waals surface area contributed by atoms with E-state index in [0.717, 1.165) is 31.4 Å². The van der Waals surface area contributed by atoms with E-state index in [1.54, 1.807) is 19.4 Å². The minimum atomic E-state index is -0.324. The molecule has 1 saturated heterocycles. The second-order valence-electron chi connectivity index (χ2n) is 7.45. The highest BCUT2D eigenvalue weighted by Crippen LogP contribution is 2.43. The van der Waals surface area contributed by atoms with Gasteiger partial charge in [-0.2, -0.15) is 0 Å². The Balaban J connectivity index is 1.38. The smallest absolute Gasteiger partial charge is 0.256 e. The maximum Gasteiger partial charge on any atom is 0.256 e. The number of nitrogens with one attached hydrogen (secondary N) is 2. The van der Waals surface area contributed by atoms with Gasteiger partial charge in [0, 0.05) is 43.4 Å². The van der Waals surface area contributed by atoms with Crippen LogP contribution < -0.4 is 5.32 Å². The number of hydrogen-bond donors (Lipinski definition) is 2. The van der Waals surface area contributed by atoms with Crippen molar-refractivity contribution in [2.45, 2.75) is 24.9 Å². The number of benzene rings is 1. The number of carbonyl (C=O) groups excluding carboxylic acids is 1. The van der Waals surface area contributed by atoms with E-state index in [9.17, 15) is 4.79 Å². The van der Waals surface area contributed by atoms with Crippen molar-refractivity contribution in [1.29, 1.82) is 0 Å². The van der Waals surface area contributed by atoms with Crippen LogP contribution in [0.2, 0.25) is 0 Å². The number of hydrogen-bond acceptors (Lipinski definition) is 5. The van der Waals surface area contributed by atoms with E-state index in [2.05, 4.69) is 44.5 Å². The molecule has 1 amide bonds. The highest BCUT2D eigenvalue weighted by atomic mass is 16.5. The number of rotatable bonds is 2. The first kappa shape index (κ1) is 17.2. The molecule has 1 fully saturated rings. The number of aromatic nitrogens is 3. The van der Waals surface area contributed by atoms with Gasteiger partial charge in [0.1, 0.15) is 5.60 Å². The number of amides is 1. The third kappa shape index (κ3) is 2.65. The number of ether oxygens (including phenoxy) is 1. The summed E-state index contributed by atoms with van der Waals surface area (Å²) in [5.74, 6) is 0.487. The van der Waals surface area contributed by atoms with E-state index in [4.69, 9.17) is 4.74 Å².